The second kappa shape index (κ2) is 5.01. The summed E-state index contributed by atoms with van der Waals surface area (Å²) in [6.07, 6.45) is 3.92. The standard InChI is InChI=1S/C15H18OS/c1-11-4-7-14(8-5-11)17(16)15-9-6-12(2)13(3)10-15/h4-5,7-9H,6,10H2,1-3H3/t17-/m1/s1. The molecule has 0 aromatic heterocycles. The van der Waals surface area contributed by atoms with Crippen LogP contribution in [0.3, 0.4) is 0 Å². The van der Waals surface area contributed by atoms with Gasteiger partial charge in [-0.3, -0.25) is 0 Å². The van der Waals surface area contributed by atoms with Crippen LogP contribution >= 0.6 is 0 Å². The van der Waals surface area contributed by atoms with E-state index in [9.17, 15) is 4.21 Å². The third-order valence-electron chi connectivity index (χ3n) is 3.28. The quantitative estimate of drug-likeness (QED) is 0.717. The Labute approximate surface area is 106 Å². The Morgan fingerprint density at radius 3 is 2.24 bits per heavy atom. The molecule has 2 heteroatoms. The molecule has 0 saturated carbocycles. The fourth-order valence-corrected chi connectivity index (χ4v) is 3.15. The molecule has 0 amide bonds. The molecule has 0 spiro atoms. The van der Waals surface area contributed by atoms with E-state index in [1.54, 1.807) is 0 Å². The van der Waals surface area contributed by atoms with Gasteiger partial charge in [0.25, 0.3) is 0 Å². The third-order valence-corrected chi connectivity index (χ3v) is 4.76. The predicted molar refractivity (Wildman–Crippen MR) is 73.3 cm³/mol. The molecule has 1 aromatic carbocycles. The summed E-state index contributed by atoms with van der Waals surface area (Å²) in [6.45, 7) is 6.33. The summed E-state index contributed by atoms with van der Waals surface area (Å²) < 4.78 is 12.4. The lowest BCUT2D eigenvalue weighted by molar-refractivity contribution is 0.685. The molecule has 0 heterocycles. The average molecular weight is 246 g/mol. The van der Waals surface area contributed by atoms with Crippen molar-refractivity contribution in [3.63, 3.8) is 0 Å². The second-order valence-electron chi connectivity index (χ2n) is 4.69. The van der Waals surface area contributed by atoms with Gasteiger partial charge < -0.3 is 0 Å². The van der Waals surface area contributed by atoms with Crippen LogP contribution in [-0.2, 0) is 10.8 Å². The van der Waals surface area contributed by atoms with Crippen molar-refractivity contribution in [1.29, 1.82) is 0 Å². The van der Waals surface area contributed by atoms with Gasteiger partial charge in [-0.25, -0.2) is 4.21 Å². The average Bonchev–Trinajstić information content (AvgIpc) is 2.33. The zero-order valence-corrected chi connectivity index (χ0v) is 11.4. The molecule has 0 bridgehead atoms. The zero-order chi connectivity index (χ0) is 12.4. The van der Waals surface area contributed by atoms with Crippen LogP contribution in [0.1, 0.15) is 32.3 Å². The van der Waals surface area contributed by atoms with Crippen LogP contribution in [0.15, 0.2) is 51.3 Å². The molecular formula is C15H18OS. The van der Waals surface area contributed by atoms with Crippen molar-refractivity contribution in [3.8, 4) is 0 Å². The van der Waals surface area contributed by atoms with Gasteiger partial charge in [0.2, 0.25) is 0 Å². The highest BCUT2D eigenvalue weighted by atomic mass is 32.2. The number of allylic oxidation sites excluding steroid dienone is 4. The van der Waals surface area contributed by atoms with E-state index in [1.807, 2.05) is 31.2 Å². The van der Waals surface area contributed by atoms with E-state index < -0.39 is 10.8 Å². The minimum absolute atomic E-state index is 0.853. The first-order valence-corrected chi connectivity index (χ1v) is 7.05. The van der Waals surface area contributed by atoms with Crippen LogP contribution in [0.2, 0.25) is 0 Å². The van der Waals surface area contributed by atoms with Crippen molar-refractivity contribution >= 4 is 10.8 Å². The highest BCUT2D eigenvalue weighted by Crippen LogP contribution is 2.28. The highest BCUT2D eigenvalue weighted by molar-refractivity contribution is 7.89. The fraction of sp³-hybridized carbons (Fsp3) is 0.333. The molecule has 1 aliphatic carbocycles. The number of hydrogen-bond donors (Lipinski definition) is 0. The van der Waals surface area contributed by atoms with Crippen LogP contribution in [0.5, 0.6) is 0 Å². The minimum atomic E-state index is -0.987. The van der Waals surface area contributed by atoms with E-state index in [4.69, 9.17) is 0 Å². The van der Waals surface area contributed by atoms with Crippen LogP contribution in [0.4, 0.5) is 0 Å². The van der Waals surface area contributed by atoms with Gasteiger partial charge in [-0.2, -0.15) is 0 Å². The van der Waals surface area contributed by atoms with Gasteiger partial charge in [0, 0.05) is 16.2 Å². The molecule has 0 N–H and O–H groups in total. The third kappa shape index (κ3) is 2.75. The summed E-state index contributed by atoms with van der Waals surface area (Å²) in [5.74, 6) is 0. The summed E-state index contributed by atoms with van der Waals surface area (Å²) in [5.41, 5.74) is 3.98. The lowest BCUT2D eigenvalue weighted by Gasteiger charge is -2.15. The first kappa shape index (κ1) is 12.3. The Bertz CT molecular complexity index is 506. The maximum atomic E-state index is 12.4. The largest absolute Gasteiger partial charge is 0.249 e. The Morgan fingerprint density at radius 2 is 1.65 bits per heavy atom. The van der Waals surface area contributed by atoms with Gasteiger partial charge in [-0.1, -0.05) is 34.9 Å². The van der Waals surface area contributed by atoms with Crippen molar-refractivity contribution in [1.82, 2.24) is 0 Å². The van der Waals surface area contributed by atoms with Crippen LogP contribution in [0.25, 0.3) is 0 Å². The van der Waals surface area contributed by atoms with Crippen molar-refractivity contribution in [3.05, 3.63) is 52.0 Å². The van der Waals surface area contributed by atoms with Crippen molar-refractivity contribution in [2.75, 3.05) is 0 Å². The fourth-order valence-electron chi connectivity index (χ4n) is 1.88. The molecule has 0 unspecified atom stereocenters. The molecule has 1 aromatic rings. The molecule has 1 atom stereocenters. The van der Waals surface area contributed by atoms with E-state index in [0.29, 0.717) is 0 Å². The maximum Gasteiger partial charge on any atom is 0.0808 e. The van der Waals surface area contributed by atoms with Crippen LogP contribution in [0, 0.1) is 6.92 Å². The van der Waals surface area contributed by atoms with Crippen molar-refractivity contribution < 1.29 is 4.21 Å². The van der Waals surface area contributed by atoms with Gasteiger partial charge >= 0.3 is 0 Å². The topological polar surface area (TPSA) is 17.1 Å². The van der Waals surface area contributed by atoms with Crippen molar-refractivity contribution in [2.45, 2.75) is 38.5 Å². The molecule has 0 saturated heterocycles. The molecule has 0 fully saturated rings. The molecule has 90 valence electrons. The maximum absolute atomic E-state index is 12.4. The van der Waals surface area contributed by atoms with Gasteiger partial charge in [0.1, 0.15) is 0 Å². The van der Waals surface area contributed by atoms with Crippen LogP contribution in [-0.4, -0.2) is 4.21 Å². The predicted octanol–water partition coefficient (Wildman–Crippen LogP) is 4.12. The highest BCUT2D eigenvalue weighted by Gasteiger charge is 2.15. The lowest BCUT2D eigenvalue weighted by atomic mass is 10.00. The zero-order valence-electron chi connectivity index (χ0n) is 10.6. The number of aryl methyl sites for hydroxylation is 1. The normalized spacial score (nSPS) is 17.9. The molecular weight excluding hydrogens is 228 g/mol. The Balaban J connectivity index is 2.20. The monoisotopic (exact) mass is 246 g/mol. The molecule has 2 rings (SSSR count). The summed E-state index contributed by atoms with van der Waals surface area (Å²) in [7, 11) is -0.987. The first-order chi connectivity index (χ1) is 8.08. The summed E-state index contributed by atoms with van der Waals surface area (Å²) >= 11 is 0. The van der Waals surface area contributed by atoms with Crippen LogP contribution < -0.4 is 0 Å². The minimum Gasteiger partial charge on any atom is -0.249 e. The Kier molecular flexibility index (Phi) is 3.63. The molecule has 17 heavy (non-hydrogen) atoms. The van der Waals surface area contributed by atoms with Gasteiger partial charge in [-0.15, -0.1) is 0 Å². The Hall–Kier alpha value is -1.15. The first-order valence-electron chi connectivity index (χ1n) is 5.90. The number of hydrogen-bond acceptors (Lipinski definition) is 1. The Morgan fingerprint density at radius 1 is 1.00 bits per heavy atom. The van der Waals surface area contributed by atoms with Gasteiger partial charge in [0.15, 0.2) is 0 Å². The number of benzene rings is 1. The summed E-state index contributed by atoms with van der Waals surface area (Å²) in [5, 5.41) is 0. The number of rotatable bonds is 2. The smallest absolute Gasteiger partial charge is 0.0808 e. The molecule has 0 aliphatic heterocycles. The molecule has 1 nitrogen and oxygen atoms in total. The van der Waals surface area contributed by atoms with E-state index in [-0.39, 0.29) is 0 Å². The molecule has 0 radical (unpaired) electrons. The lowest BCUT2D eigenvalue weighted by Crippen LogP contribution is -2.02. The molecule has 1 aliphatic rings. The van der Waals surface area contributed by atoms with E-state index in [0.717, 1.165) is 22.6 Å². The summed E-state index contributed by atoms with van der Waals surface area (Å²) in [6, 6.07) is 7.97. The van der Waals surface area contributed by atoms with Gasteiger partial charge in [-0.05, 0) is 39.3 Å². The van der Waals surface area contributed by atoms with Crippen molar-refractivity contribution in [2.24, 2.45) is 0 Å². The SMILES string of the molecule is CC1=C(C)CC([S@](=O)c2ccc(C)cc2)=CC1. The van der Waals surface area contributed by atoms with E-state index >= 15 is 0 Å². The second-order valence-corrected chi connectivity index (χ2v) is 6.23. The van der Waals surface area contributed by atoms with Gasteiger partial charge in [0.05, 0.1) is 10.8 Å². The summed E-state index contributed by atoms with van der Waals surface area (Å²) in [4.78, 5) is 1.96. The van der Waals surface area contributed by atoms with E-state index in [1.165, 1.54) is 16.7 Å². The van der Waals surface area contributed by atoms with E-state index in [2.05, 4.69) is 19.9 Å².